The lowest BCUT2D eigenvalue weighted by molar-refractivity contribution is -0.137. The van der Waals surface area contributed by atoms with Crippen molar-refractivity contribution in [1.29, 1.82) is 0 Å². The summed E-state index contributed by atoms with van der Waals surface area (Å²) in [7, 11) is 1.62. The van der Waals surface area contributed by atoms with E-state index in [-0.39, 0.29) is 24.9 Å². The Hall–Kier alpha value is -2.28. The SMILES string of the molecule is COc1cccc(Oc2ccc(C3CN(CCC(=O)O)CCO3)cc2)c1.Cl. The number of carboxylic acid groups (broad SMARTS) is 1. The van der Waals surface area contributed by atoms with E-state index in [1.807, 2.05) is 48.5 Å². The quantitative estimate of drug-likeness (QED) is 0.772. The van der Waals surface area contributed by atoms with Gasteiger partial charge in [0.2, 0.25) is 0 Å². The molecule has 6 nitrogen and oxygen atoms in total. The zero-order chi connectivity index (χ0) is 18.4. The van der Waals surface area contributed by atoms with Gasteiger partial charge in [-0.25, -0.2) is 0 Å². The molecule has 0 saturated carbocycles. The Morgan fingerprint density at radius 1 is 1.19 bits per heavy atom. The van der Waals surface area contributed by atoms with Crippen molar-refractivity contribution in [2.45, 2.75) is 12.5 Å². The van der Waals surface area contributed by atoms with Gasteiger partial charge in [0.15, 0.2) is 0 Å². The maximum absolute atomic E-state index is 10.7. The molecule has 1 heterocycles. The van der Waals surface area contributed by atoms with Crippen LogP contribution in [0.15, 0.2) is 48.5 Å². The lowest BCUT2D eigenvalue weighted by Crippen LogP contribution is -2.39. The zero-order valence-electron chi connectivity index (χ0n) is 15.2. The molecule has 1 saturated heterocycles. The number of hydrogen-bond donors (Lipinski definition) is 1. The van der Waals surface area contributed by atoms with E-state index < -0.39 is 5.97 Å². The van der Waals surface area contributed by atoms with Gasteiger partial charge in [-0.2, -0.15) is 0 Å². The maximum Gasteiger partial charge on any atom is 0.304 e. The van der Waals surface area contributed by atoms with Crippen LogP contribution >= 0.6 is 12.4 Å². The molecule has 0 aromatic heterocycles. The molecule has 0 aliphatic carbocycles. The maximum atomic E-state index is 10.7. The Balaban J connectivity index is 0.00000261. The molecule has 1 aliphatic rings. The predicted molar refractivity (Wildman–Crippen MR) is 104 cm³/mol. The van der Waals surface area contributed by atoms with Gasteiger partial charge in [-0.05, 0) is 29.8 Å². The molecule has 0 bridgehead atoms. The molecule has 0 radical (unpaired) electrons. The van der Waals surface area contributed by atoms with Crippen LogP contribution in [0.25, 0.3) is 0 Å². The normalized spacial score (nSPS) is 17.0. The fraction of sp³-hybridized carbons (Fsp3) is 0.350. The summed E-state index contributed by atoms with van der Waals surface area (Å²) in [5.74, 6) is 1.43. The van der Waals surface area contributed by atoms with Gasteiger partial charge < -0.3 is 19.3 Å². The Bertz CT molecular complexity index is 737. The minimum atomic E-state index is -0.771. The molecule has 2 aromatic carbocycles. The standard InChI is InChI=1S/C20H23NO5.ClH/c1-24-17-3-2-4-18(13-17)26-16-7-5-15(6-8-16)19-14-21(11-12-25-19)10-9-20(22)23;/h2-8,13,19H,9-12,14H2,1H3,(H,22,23);1H. The molecule has 1 N–H and O–H groups in total. The number of nitrogens with zero attached hydrogens (tertiary/aromatic N) is 1. The highest BCUT2D eigenvalue weighted by atomic mass is 35.5. The molecule has 1 atom stereocenters. The molecule has 2 aromatic rings. The number of ether oxygens (including phenoxy) is 3. The fourth-order valence-electron chi connectivity index (χ4n) is 2.91. The third-order valence-electron chi connectivity index (χ3n) is 4.32. The molecule has 1 unspecified atom stereocenters. The number of morpholine rings is 1. The Labute approximate surface area is 165 Å². The monoisotopic (exact) mass is 393 g/mol. The minimum Gasteiger partial charge on any atom is -0.497 e. The first-order valence-electron chi connectivity index (χ1n) is 8.61. The molecule has 0 amide bonds. The van der Waals surface area contributed by atoms with Crippen LogP contribution in [-0.4, -0.2) is 49.3 Å². The molecule has 7 heteroatoms. The van der Waals surface area contributed by atoms with Crippen LogP contribution in [0.3, 0.4) is 0 Å². The predicted octanol–water partition coefficient (Wildman–Crippen LogP) is 3.76. The zero-order valence-corrected chi connectivity index (χ0v) is 16.0. The van der Waals surface area contributed by atoms with Crippen molar-refractivity contribution < 1.29 is 24.1 Å². The summed E-state index contributed by atoms with van der Waals surface area (Å²) in [5, 5.41) is 8.83. The average molecular weight is 394 g/mol. The van der Waals surface area contributed by atoms with Crippen LogP contribution in [0.4, 0.5) is 0 Å². The van der Waals surface area contributed by atoms with Crippen molar-refractivity contribution in [2.24, 2.45) is 0 Å². The van der Waals surface area contributed by atoms with Gasteiger partial charge in [0, 0.05) is 25.7 Å². The molecule has 27 heavy (non-hydrogen) atoms. The van der Waals surface area contributed by atoms with Gasteiger partial charge in [0.1, 0.15) is 17.2 Å². The topological polar surface area (TPSA) is 68.2 Å². The summed E-state index contributed by atoms with van der Waals surface area (Å²) in [6, 6.07) is 15.3. The number of hydrogen-bond acceptors (Lipinski definition) is 5. The van der Waals surface area contributed by atoms with E-state index in [1.165, 1.54) is 0 Å². The number of benzene rings is 2. The van der Waals surface area contributed by atoms with E-state index in [0.29, 0.717) is 25.4 Å². The van der Waals surface area contributed by atoms with Gasteiger partial charge in [-0.3, -0.25) is 9.69 Å². The van der Waals surface area contributed by atoms with Gasteiger partial charge >= 0.3 is 5.97 Å². The van der Waals surface area contributed by atoms with Crippen molar-refractivity contribution in [3.05, 3.63) is 54.1 Å². The largest absolute Gasteiger partial charge is 0.497 e. The average Bonchev–Trinajstić information content (AvgIpc) is 2.67. The molecule has 0 spiro atoms. The highest BCUT2D eigenvalue weighted by Gasteiger charge is 2.22. The second-order valence-corrected chi connectivity index (χ2v) is 6.15. The van der Waals surface area contributed by atoms with Crippen molar-refractivity contribution in [3.63, 3.8) is 0 Å². The molecule has 1 aliphatic heterocycles. The molecule has 3 rings (SSSR count). The second-order valence-electron chi connectivity index (χ2n) is 6.15. The highest BCUT2D eigenvalue weighted by molar-refractivity contribution is 5.85. The number of methoxy groups -OCH3 is 1. The third-order valence-corrected chi connectivity index (χ3v) is 4.32. The van der Waals surface area contributed by atoms with Crippen LogP contribution in [0, 0.1) is 0 Å². The lowest BCUT2D eigenvalue weighted by Gasteiger charge is -2.32. The summed E-state index contributed by atoms with van der Waals surface area (Å²) < 4.78 is 16.9. The third kappa shape index (κ3) is 6.13. The van der Waals surface area contributed by atoms with Crippen LogP contribution in [0.2, 0.25) is 0 Å². The number of rotatable bonds is 7. The summed E-state index contributed by atoms with van der Waals surface area (Å²) in [4.78, 5) is 12.9. The van der Waals surface area contributed by atoms with Crippen molar-refractivity contribution in [1.82, 2.24) is 4.90 Å². The van der Waals surface area contributed by atoms with Crippen molar-refractivity contribution in [2.75, 3.05) is 33.4 Å². The number of aliphatic carboxylic acids is 1. The number of carbonyl (C=O) groups is 1. The van der Waals surface area contributed by atoms with Crippen LogP contribution in [0.5, 0.6) is 17.2 Å². The summed E-state index contributed by atoms with van der Waals surface area (Å²) in [5.41, 5.74) is 1.06. The molecule has 1 fully saturated rings. The Morgan fingerprint density at radius 2 is 1.93 bits per heavy atom. The lowest BCUT2D eigenvalue weighted by atomic mass is 10.1. The van der Waals surface area contributed by atoms with Gasteiger partial charge in [-0.15, -0.1) is 12.4 Å². The van der Waals surface area contributed by atoms with Crippen LogP contribution in [-0.2, 0) is 9.53 Å². The molecule has 146 valence electrons. The van der Waals surface area contributed by atoms with Crippen molar-refractivity contribution in [3.8, 4) is 17.2 Å². The van der Waals surface area contributed by atoms with E-state index in [9.17, 15) is 4.79 Å². The molecular weight excluding hydrogens is 370 g/mol. The summed E-state index contributed by atoms with van der Waals surface area (Å²) in [6.45, 7) is 2.61. The van der Waals surface area contributed by atoms with Gasteiger partial charge in [0.25, 0.3) is 0 Å². The molecular formula is C20H24ClNO5. The first kappa shape index (κ1) is 21.0. The van der Waals surface area contributed by atoms with Gasteiger partial charge in [0.05, 0.1) is 26.2 Å². The fourth-order valence-corrected chi connectivity index (χ4v) is 2.91. The highest BCUT2D eigenvalue weighted by Crippen LogP contribution is 2.28. The van der Waals surface area contributed by atoms with Gasteiger partial charge in [-0.1, -0.05) is 18.2 Å². The van der Waals surface area contributed by atoms with Crippen LogP contribution in [0.1, 0.15) is 18.1 Å². The van der Waals surface area contributed by atoms with E-state index in [0.717, 1.165) is 23.6 Å². The second kappa shape index (κ2) is 10.2. The minimum absolute atomic E-state index is 0. The number of carboxylic acids is 1. The smallest absolute Gasteiger partial charge is 0.304 e. The van der Waals surface area contributed by atoms with E-state index in [1.54, 1.807) is 7.11 Å². The van der Waals surface area contributed by atoms with E-state index >= 15 is 0 Å². The Morgan fingerprint density at radius 3 is 2.63 bits per heavy atom. The van der Waals surface area contributed by atoms with Crippen molar-refractivity contribution >= 4 is 18.4 Å². The van der Waals surface area contributed by atoms with Crippen LogP contribution < -0.4 is 9.47 Å². The Kier molecular flexibility index (Phi) is 7.91. The first-order valence-corrected chi connectivity index (χ1v) is 8.61. The van der Waals surface area contributed by atoms with E-state index in [2.05, 4.69) is 4.90 Å². The first-order chi connectivity index (χ1) is 12.6. The summed E-state index contributed by atoms with van der Waals surface area (Å²) >= 11 is 0. The van der Waals surface area contributed by atoms with E-state index in [4.69, 9.17) is 19.3 Å². The number of halogens is 1. The summed E-state index contributed by atoms with van der Waals surface area (Å²) in [6.07, 6.45) is 0.100.